The Morgan fingerprint density at radius 2 is 2.33 bits per heavy atom. The van der Waals surface area contributed by atoms with Gasteiger partial charge in [0.15, 0.2) is 0 Å². The molecule has 5 heteroatoms. The maximum absolute atomic E-state index is 12.2. The predicted octanol–water partition coefficient (Wildman–Crippen LogP) is 3.66. The lowest BCUT2D eigenvalue weighted by Crippen LogP contribution is -2.38. The molecule has 1 aliphatic heterocycles. The van der Waals surface area contributed by atoms with E-state index in [1.807, 2.05) is 31.2 Å². The van der Waals surface area contributed by atoms with Crippen LogP contribution in [-0.4, -0.2) is 29.3 Å². The first kappa shape index (κ1) is 15.9. The van der Waals surface area contributed by atoms with Gasteiger partial charge in [0.25, 0.3) is 0 Å². The van der Waals surface area contributed by atoms with Crippen molar-refractivity contribution < 1.29 is 9.53 Å². The van der Waals surface area contributed by atoms with Crippen LogP contribution >= 0.6 is 27.5 Å². The molecule has 0 N–H and O–H groups in total. The fraction of sp³-hybridized carbons (Fsp3) is 0.312. The zero-order chi connectivity index (χ0) is 15.4. The van der Waals surface area contributed by atoms with Crippen molar-refractivity contribution in [2.24, 2.45) is 0 Å². The van der Waals surface area contributed by atoms with Crippen molar-refractivity contribution in [3.8, 4) is 18.1 Å². The Balaban J connectivity index is 2.33. The quantitative estimate of drug-likeness (QED) is 0.599. The summed E-state index contributed by atoms with van der Waals surface area (Å²) in [6, 6.07) is 5.59. The van der Waals surface area contributed by atoms with E-state index in [9.17, 15) is 4.79 Å². The molecule has 0 bridgehead atoms. The van der Waals surface area contributed by atoms with Crippen molar-refractivity contribution in [3.05, 3.63) is 34.3 Å². The Hall–Kier alpha value is -1.44. The van der Waals surface area contributed by atoms with Gasteiger partial charge in [-0.15, -0.1) is 18.0 Å². The lowest BCUT2D eigenvalue weighted by atomic mass is 10.0. The highest BCUT2D eigenvalue weighted by molar-refractivity contribution is 9.10. The number of alkyl halides is 1. The Morgan fingerprint density at radius 1 is 1.57 bits per heavy atom. The number of carbonyl (C=O) groups is 1. The normalized spacial score (nSPS) is 18.2. The van der Waals surface area contributed by atoms with Gasteiger partial charge in [-0.1, -0.05) is 12.0 Å². The van der Waals surface area contributed by atoms with Gasteiger partial charge in [-0.2, -0.15) is 0 Å². The summed E-state index contributed by atoms with van der Waals surface area (Å²) in [7, 11) is 0. The molecule has 110 valence electrons. The third kappa shape index (κ3) is 3.42. The van der Waals surface area contributed by atoms with Crippen LogP contribution in [0.25, 0.3) is 5.70 Å². The van der Waals surface area contributed by atoms with Gasteiger partial charge in [0.05, 0.1) is 0 Å². The fourth-order valence-corrected chi connectivity index (χ4v) is 2.98. The molecular formula is C16H15BrClNO2. The molecule has 1 atom stereocenters. The van der Waals surface area contributed by atoms with Crippen molar-refractivity contribution in [3.63, 3.8) is 0 Å². The van der Waals surface area contributed by atoms with Crippen LogP contribution < -0.4 is 4.74 Å². The molecule has 0 spiro atoms. The number of amides is 1. The van der Waals surface area contributed by atoms with Gasteiger partial charge < -0.3 is 9.64 Å². The second kappa shape index (κ2) is 7.02. The van der Waals surface area contributed by atoms with E-state index in [2.05, 4.69) is 21.9 Å². The third-order valence-corrected chi connectivity index (χ3v) is 4.22. The number of rotatable bonds is 4. The summed E-state index contributed by atoms with van der Waals surface area (Å²) in [6.07, 6.45) is 7.70. The first-order valence-electron chi connectivity index (χ1n) is 6.60. The van der Waals surface area contributed by atoms with Crippen molar-refractivity contribution in [1.82, 2.24) is 4.90 Å². The molecule has 0 fully saturated rings. The highest BCUT2D eigenvalue weighted by Crippen LogP contribution is 2.34. The summed E-state index contributed by atoms with van der Waals surface area (Å²) >= 11 is 9.55. The summed E-state index contributed by atoms with van der Waals surface area (Å²) in [5, 5.41) is -0.481. The maximum atomic E-state index is 12.2. The summed E-state index contributed by atoms with van der Waals surface area (Å²) < 4.78 is 6.23. The second-order valence-electron chi connectivity index (χ2n) is 4.51. The van der Waals surface area contributed by atoms with E-state index in [1.165, 1.54) is 0 Å². The summed E-state index contributed by atoms with van der Waals surface area (Å²) in [5.74, 6) is 3.05. The molecule has 0 aromatic heterocycles. The minimum Gasteiger partial charge on any atom is -0.481 e. The van der Waals surface area contributed by atoms with Crippen LogP contribution in [0, 0.1) is 12.3 Å². The molecule has 21 heavy (non-hydrogen) atoms. The number of nitrogens with zero attached hydrogens (tertiary/aromatic N) is 1. The molecule has 0 aliphatic carbocycles. The van der Waals surface area contributed by atoms with E-state index >= 15 is 0 Å². The predicted molar refractivity (Wildman–Crippen MR) is 88.1 cm³/mol. The highest BCUT2D eigenvalue weighted by atomic mass is 79.9. The summed E-state index contributed by atoms with van der Waals surface area (Å²) in [5.41, 5.74) is 1.80. The lowest BCUT2D eigenvalue weighted by molar-refractivity contribution is -0.127. The minimum absolute atomic E-state index is 0.0591. The monoisotopic (exact) mass is 367 g/mol. The van der Waals surface area contributed by atoms with Crippen LogP contribution in [0.15, 0.2) is 28.7 Å². The molecule has 1 heterocycles. The van der Waals surface area contributed by atoms with Crippen molar-refractivity contribution in [1.29, 1.82) is 0 Å². The fourth-order valence-electron chi connectivity index (χ4n) is 2.21. The van der Waals surface area contributed by atoms with E-state index in [-0.39, 0.29) is 12.5 Å². The molecule has 2 rings (SSSR count). The molecule has 1 aromatic rings. The van der Waals surface area contributed by atoms with Crippen LogP contribution in [-0.2, 0) is 4.79 Å². The number of allylic oxidation sites excluding steroid dienone is 1. The summed E-state index contributed by atoms with van der Waals surface area (Å²) in [4.78, 5) is 13.8. The first-order valence-corrected chi connectivity index (χ1v) is 7.83. The number of hydrogen-bond donors (Lipinski definition) is 0. The second-order valence-corrected chi connectivity index (χ2v) is 5.89. The largest absolute Gasteiger partial charge is 0.481 e. The van der Waals surface area contributed by atoms with Crippen molar-refractivity contribution in [2.75, 3.05) is 13.2 Å². The molecule has 1 amide bonds. The molecule has 0 saturated carbocycles. The van der Waals surface area contributed by atoms with Gasteiger partial charge in [-0.05, 0) is 47.5 Å². The smallest absolute Gasteiger partial charge is 0.245 e. The third-order valence-electron chi connectivity index (χ3n) is 3.20. The zero-order valence-electron chi connectivity index (χ0n) is 11.6. The lowest BCUT2D eigenvalue weighted by Gasteiger charge is -2.30. The van der Waals surface area contributed by atoms with Gasteiger partial charge in [-0.3, -0.25) is 4.79 Å². The Morgan fingerprint density at radius 3 is 2.95 bits per heavy atom. The SMILES string of the molecule is C#CCOc1ccc(C2=CCC(Cl)C(=O)N2CC)c(Br)c1. The van der Waals surface area contributed by atoms with Gasteiger partial charge in [0.1, 0.15) is 17.7 Å². The van der Waals surface area contributed by atoms with Crippen LogP contribution in [0.1, 0.15) is 18.9 Å². The number of ether oxygens (including phenoxy) is 1. The maximum Gasteiger partial charge on any atom is 0.245 e. The van der Waals surface area contributed by atoms with Crippen LogP contribution in [0.4, 0.5) is 0 Å². The van der Waals surface area contributed by atoms with Gasteiger partial charge in [-0.25, -0.2) is 0 Å². The Labute approximate surface area is 138 Å². The van der Waals surface area contributed by atoms with Crippen molar-refractivity contribution >= 4 is 39.1 Å². The van der Waals surface area contributed by atoms with E-state index in [0.717, 1.165) is 15.7 Å². The van der Waals surface area contributed by atoms with Gasteiger partial charge in [0, 0.05) is 22.3 Å². The topological polar surface area (TPSA) is 29.5 Å². The minimum atomic E-state index is -0.481. The van der Waals surface area contributed by atoms with Gasteiger partial charge in [0.2, 0.25) is 5.91 Å². The standard InChI is InChI=1S/C16H15BrClNO2/c1-3-9-21-11-5-6-12(13(17)10-11)15-8-7-14(18)16(20)19(15)4-2/h1,5-6,8,10,14H,4,7,9H2,2H3. The Kier molecular flexibility index (Phi) is 5.33. The first-order chi connectivity index (χ1) is 10.1. The molecule has 0 radical (unpaired) electrons. The molecule has 3 nitrogen and oxygen atoms in total. The molecule has 0 saturated heterocycles. The zero-order valence-corrected chi connectivity index (χ0v) is 13.9. The molecular weight excluding hydrogens is 354 g/mol. The van der Waals surface area contributed by atoms with E-state index < -0.39 is 5.38 Å². The van der Waals surface area contributed by atoms with E-state index in [1.54, 1.807) is 4.90 Å². The van der Waals surface area contributed by atoms with Crippen LogP contribution in [0.3, 0.4) is 0 Å². The summed E-state index contributed by atoms with van der Waals surface area (Å²) in [6.45, 7) is 2.73. The van der Waals surface area contributed by atoms with E-state index in [4.69, 9.17) is 22.8 Å². The number of terminal acetylenes is 1. The number of benzene rings is 1. The highest BCUT2D eigenvalue weighted by Gasteiger charge is 2.29. The van der Waals surface area contributed by atoms with Crippen molar-refractivity contribution in [2.45, 2.75) is 18.7 Å². The average molecular weight is 369 g/mol. The number of halogens is 2. The average Bonchev–Trinajstić information content (AvgIpc) is 2.48. The number of hydrogen-bond acceptors (Lipinski definition) is 2. The number of carbonyl (C=O) groups excluding carboxylic acids is 1. The van der Waals surface area contributed by atoms with Crippen LogP contribution in [0.2, 0.25) is 0 Å². The van der Waals surface area contributed by atoms with Crippen LogP contribution in [0.5, 0.6) is 5.75 Å². The molecule has 1 unspecified atom stereocenters. The molecule has 1 aliphatic rings. The Bertz CT molecular complexity index is 621. The molecule has 1 aromatic carbocycles. The van der Waals surface area contributed by atoms with E-state index in [0.29, 0.717) is 18.7 Å². The van der Waals surface area contributed by atoms with Gasteiger partial charge >= 0.3 is 0 Å².